The van der Waals surface area contributed by atoms with Gasteiger partial charge in [0.2, 0.25) is 0 Å². The van der Waals surface area contributed by atoms with Gasteiger partial charge in [-0.2, -0.15) is 24.3 Å². The van der Waals surface area contributed by atoms with E-state index in [2.05, 4.69) is 270 Å². The molecule has 0 aliphatic heterocycles. The molecular formula is C64H54Cl2P2Zr2-2. The average Bonchev–Trinajstić information content (AvgIpc) is 4.15. The van der Waals surface area contributed by atoms with Crippen molar-refractivity contribution in [2.45, 2.75) is 27.7 Å². The molecule has 0 bridgehead atoms. The third kappa shape index (κ3) is 14.3. The molecule has 0 N–H and O–H groups in total. The predicted octanol–water partition coefficient (Wildman–Crippen LogP) is 10.1. The van der Waals surface area contributed by atoms with Gasteiger partial charge in [0, 0.05) is 0 Å². The molecule has 6 heteroatoms. The second-order valence-electron chi connectivity index (χ2n) is 17.0. The topological polar surface area (TPSA) is 0 Å². The van der Waals surface area contributed by atoms with E-state index in [1.807, 2.05) is 0 Å². The minimum atomic E-state index is 0. The summed E-state index contributed by atoms with van der Waals surface area (Å²) in [6, 6.07) is 86.7. The van der Waals surface area contributed by atoms with Crippen molar-refractivity contribution in [1.82, 2.24) is 0 Å². The maximum atomic E-state index is 2.31. The van der Waals surface area contributed by atoms with Crippen LogP contribution < -0.4 is 46.0 Å². The summed E-state index contributed by atoms with van der Waals surface area (Å²) in [5.74, 6) is 0. The molecule has 2 unspecified atom stereocenters. The Kier molecular flexibility index (Phi) is 22.0. The Labute approximate surface area is 469 Å². The second kappa shape index (κ2) is 27.3. The molecular weight excluding hydrogens is 1080 g/mol. The number of hydrogen-bond donors (Lipinski definition) is 0. The molecule has 0 nitrogen and oxygen atoms in total. The van der Waals surface area contributed by atoms with E-state index >= 15 is 0 Å². The van der Waals surface area contributed by atoms with Gasteiger partial charge in [-0.25, -0.2) is 0 Å². The molecule has 2 atom stereocenters. The summed E-state index contributed by atoms with van der Waals surface area (Å²) < 4.78 is 0. The number of benzene rings is 8. The van der Waals surface area contributed by atoms with Gasteiger partial charge in [0.25, 0.3) is 0 Å². The van der Waals surface area contributed by atoms with Gasteiger partial charge < -0.3 is 24.8 Å². The molecule has 0 aromatic heterocycles. The normalized spacial score (nSPS) is 10.6. The van der Waals surface area contributed by atoms with Gasteiger partial charge in [0.15, 0.2) is 0 Å². The first-order chi connectivity index (χ1) is 32.3. The molecule has 0 saturated heterocycles. The maximum Gasteiger partial charge on any atom is 2.00 e. The van der Waals surface area contributed by atoms with Crippen LogP contribution in [0.4, 0.5) is 0 Å². The van der Waals surface area contributed by atoms with Gasteiger partial charge in [-0.05, 0) is 46.7 Å². The fraction of sp³-hybridized carbons (Fsp3) is 0.0625. The average molecular weight is 1140 g/mol. The molecule has 344 valence electrons. The summed E-state index contributed by atoms with van der Waals surface area (Å²) in [7, 11) is 1.52. The standard InChI is InChI=1S/2C16H14P.2C16H13.2ClH.2Zr/c2*1-12-6-2-5-9-16(12)17-15-10-13-7-3-4-8-14(13)11-15;2*1-12-10-14-8-5-9-15(16(14)11-12)13-6-3-2-4-7-13;;;;/h2*2-11,17H,1H3;2*2-11H,1H3;2*1H;;/q4*-1;;;2*+2/p-2. The van der Waals surface area contributed by atoms with Crippen LogP contribution in [-0.4, -0.2) is 0 Å². The second-order valence-corrected chi connectivity index (χ2v) is 19.8. The molecule has 0 aliphatic rings. The van der Waals surface area contributed by atoms with Crippen molar-refractivity contribution in [1.29, 1.82) is 0 Å². The Morgan fingerprint density at radius 2 is 0.657 bits per heavy atom. The number of fused-ring (bicyclic) bond motifs is 4. The van der Waals surface area contributed by atoms with Crippen LogP contribution in [0.5, 0.6) is 0 Å². The number of aryl methyl sites for hydroxylation is 4. The number of hydrogen-bond acceptors (Lipinski definition) is 0. The molecule has 12 rings (SSSR count). The van der Waals surface area contributed by atoms with Crippen LogP contribution in [0.2, 0.25) is 0 Å². The summed E-state index contributed by atoms with van der Waals surface area (Å²) in [5.41, 5.74) is 10.7. The first-order valence-corrected chi connectivity index (χ1v) is 24.7. The van der Waals surface area contributed by atoms with Crippen molar-refractivity contribution < 1.29 is 77.2 Å². The minimum Gasteiger partial charge on any atom is -1.00 e. The first-order valence-electron chi connectivity index (χ1n) is 22.7. The maximum absolute atomic E-state index is 2.31. The quantitative estimate of drug-likeness (QED) is 0.115. The van der Waals surface area contributed by atoms with Crippen LogP contribution in [-0.2, 0) is 52.4 Å². The summed E-state index contributed by atoms with van der Waals surface area (Å²) in [5, 5.41) is 16.5. The fourth-order valence-corrected chi connectivity index (χ4v) is 11.1. The molecule has 0 aliphatic carbocycles. The molecule has 0 radical (unpaired) electrons. The van der Waals surface area contributed by atoms with Gasteiger partial charge >= 0.3 is 52.4 Å². The summed E-state index contributed by atoms with van der Waals surface area (Å²) >= 11 is 0. The molecule has 70 heavy (non-hydrogen) atoms. The Morgan fingerprint density at radius 3 is 1.04 bits per heavy atom. The van der Waals surface area contributed by atoms with Crippen LogP contribution >= 0.6 is 17.2 Å². The Hall–Kier alpha value is -4.59. The first kappa shape index (κ1) is 56.3. The molecule has 0 fully saturated rings. The minimum absolute atomic E-state index is 0. The van der Waals surface area contributed by atoms with E-state index in [0.29, 0.717) is 0 Å². The Bertz CT molecular complexity index is 3190. The summed E-state index contributed by atoms with van der Waals surface area (Å²) in [6.45, 7) is 8.67. The summed E-state index contributed by atoms with van der Waals surface area (Å²) in [4.78, 5) is 0. The van der Waals surface area contributed by atoms with Crippen molar-refractivity contribution >= 4 is 81.5 Å². The zero-order valence-corrected chi connectivity index (χ0v) is 48.3. The predicted molar refractivity (Wildman–Crippen MR) is 296 cm³/mol. The van der Waals surface area contributed by atoms with Crippen LogP contribution in [0.15, 0.2) is 243 Å². The number of halogens is 2. The number of rotatable bonds is 6. The van der Waals surface area contributed by atoms with Crippen molar-refractivity contribution in [2.24, 2.45) is 0 Å². The monoisotopic (exact) mass is 1130 g/mol. The SMILES string of the molecule is Cc1cc2c(-c3ccccc3)cccc2[cH-]1.Cc1cc2c(-c3ccccc3)cccc2[cH-]1.Cc1ccccc1Pc1cc2ccccc2[cH-]1.Cc1ccccc1Pc1cc2ccccc2[cH-]1.[Cl-].[Cl-].[Zr+2].[Zr+2]. The van der Waals surface area contributed by atoms with E-state index in [0.717, 1.165) is 17.2 Å². The molecule has 0 amide bonds. The van der Waals surface area contributed by atoms with E-state index < -0.39 is 0 Å². The van der Waals surface area contributed by atoms with E-state index in [9.17, 15) is 0 Å². The summed E-state index contributed by atoms with van der Waals surface area (Å²) in [6.07, 6.45) is 0. The van der Waals surface area contributed by atoms with Crippen molar-refractivity contribution in [3.63, 3.8) is 0 Å². The van der Waals surface area contributed by atoms with Crippen LogP contribution in [0.1, 0.15) is 22.3 Å². The Balaban J connectivity index is 0.000000171. The van der Waals surface area contributed by atoms with Crippen molar-refractivity contribution in [3.8, 4) is 22.3 Å². The molecule has 12 aromatic rings. The van der Waals surface area contributed by atoms with Crippen LogP contribution in [0.25, 0.3) is 65.3 Å². The third-order valence-corrected chi connectivity index (χ3v) is 14.9. The fourth-order valence-electron chi connectivity index (χ4n) is 8.69. The van der Waals surface area contributed by atoms with Crippen LogP contribution in [0.3, 0.4) is 0 Å². The zero-order chi connectivity index (χ0) is 45.2. The molecule has 0 saturated carbocycles. The Morgan fingerprint density at radius 1 is 0.314 bits per heavy atom. The zero-order valence-electron chi connectivity index (χ0n) is 39.8. The smallest absolute Gasteiger partial charge is 1.00 e. The van der Waals surface area contributed by atoms with Crippen LogP contribution in [0, 0.1) is 27.7 Å². The van der Waals surface area contributed by atoms with Gasteiger partial charge in [0.1, 0.15) is 0 Å². The van der Waals surface area contributed by atoms with E-state index in [1.165, 1.54) is 109 Å². The molecule has 0 heterocycles. The van der Waals surface area contributed by atoms with Gasteiger partial charge in [-0.15, -0.1) is 150 Å². The van der Waals surface area contributed by atoms with E-state index in [4.69, 9.17) is 0 Å². The van der Waals surface area contributed by atoms with E-state index in [-0.39, 0.29) is 77.2 Å². The molecule has 0 spiro atoms. The largest absolute Gasteiger partial charge is 2.00 e. The van der Waals surface area contributed by atoms with Crippen molar-refractivity contribution in [3.05, 3.63) is 265 Å². The van der Waals surface area contributed by atoms with Crippen molar-refractivity contribution in [2.75, 3.05) is 0 Å². The molecule has 12 aromatic carbocycles. The van der Waals surface area contributed by atoms with Gasteiger partial charge in [0.05, 0.1) is 0 Å². The van der Waals surface area contributed by atoms with Gasteiger partial charge in [-0.3, -0.25) is 0 Å². The van der Waals surface area contributed by atoms with Gasteiger partial charge in [-0.1, -0.05) is 176 Å². The third-order valence-electron chi connectivity index (χ3n) is 12.0. The van der Waals surface area contributed by atoms with E-state index in [1.54, 1.807) is 0 Å².